The Kier molecular flexibility index (Phi) is 7.98. The van der Waals surface area contributed by atoms with Crippen LogP contribution in [0.4, 0.5) is 15.2 Å². The maximum Gasteiger partial charge on any atom is 0.234 e. The zero-order chi connectivity index (χ0) is 29.3. The summed E-state index contributed by atoms with van der Waals surface area (Å²) in [6, 6.07) is 16.2. The minimum absolute atomic E-state index is 0.00692. The lowest BCUT2D eigenvalue weighted by Gasteiger charge is -2.42. The molecule has 11 heteroatoms. The van der Waals surface area contributed by atoms with E-state index in [-0.39, 0.29) is 39.9 Å². The summed E-state index contributed by atoms with van der Waals surface area (Å²) in [5, 5.41) is 21.8. The molecule has 3 aromatic rings. The first-order valence-corrected chi connectivity index (χ1v) is 15.0. The van der Waals surface area contributed by atoms with Gasteiger partial charge < -0.3 is 11.1 Å². The zero-order valence-corrected chi connectivity index (χ0v) is 24.5. The summed E-state index contributed by atoms with van der Waals surface area (Å²) < 4.78 is 14.4. The van der Waals surface area contributed by atoms with E-state index >= 15 is 0 Å². The van der Waals surface area contributed by atoms with Crippen molar-refractivity contribution in [1.29, 1.82) is 5.26 Å². The molecule has 1 aliphatic heterocycles. The fourth-order valence-corrected chi connectivity index (χ4v) is 6.91. The standard InChI is InChI=1S/C30H29FN6O2S2/c1-4-17-9-11-18(12-10-17)25-19(15-32)27(33)37(22-13-30(2,3)14-23(38)26(22)25)28-35-36-29(41-28)40-16-24(39)34-21-8-6-5-7-20(21)31/h5-12,25H,4,13-14,16,33H2,1-3H3,(H,34,39). The molecule has 0 fully saturated rings. The number of amides is 1. The molecule has 2 aliphatic rings. The van der Waals surface area contributed by atoms with Crippen LogP contribution in [0.2, 0.25) is 0 Å². The van der Waals surface area contributed by atoms with Gasteiger partial charge in [-0.05, 0) is 41.5 Å². The number of benzene rings is 2. The second kappa shape index (κ2) is 11.5. The molecule has 0 saturated heterocycles. The molecule has 210 valence electrons. The molecule has 5 rings (SSSR count). The van der Waals surface area contributed by atoms with E-state index in [0.29, 0.717) is 27.9 Å². The fourth-order valence-electron chi connectivity index (χ4n) is 5.23. The van der Waals surface area contributed by atoms with Gasteiger partial charge in [-0.25, -0.2) is 4.39 Å². The number of nitrogens with two attached hydrogens (primary N) is 1. The largest absolute Gasteiger partial charge is 0.384 e. The molecule has 3 N–H and O–H groups in total. The third-order valence-electron chi connectivity index (χ3n) is 7.16. The van der Waals surface area contributed by atoms with Gasteiger partial charge in [-0.15, -0.1) is 10.2 Å². The molecule has 1 aliphatic carbocycles. The van der Waals surface area contributed by atoms with Crippen LogP contribution in [0.3, 0.4) is 0 Å². The minimum atomic E-state index is -0.565. The van der Waals surface area contributed by atoms with Crippen LogP contribution >= 0.6 is 23.1 Å². The number of allylic oxidation sites excluding steroid dienone is 3. The lowest BCUT2D eigenvalue weighted by molar-refractivity contribution is -0.118. The number of halogens is 1. The highest BCUT2D eigenvalue weighted by molar-refractivity contribution is 8.01. The molecule has 41 heavy (non-hydrogen) atoms. The quantitative estimate of drug-likeness (QED) is 0.326. The topological polar surface area (TPSA) is 125 Å². The van der Waals surface area contributed by atoms with E-state index in [0.717, 1.165) is 35.0 Å². The number of carbonyl (C=O) groups excluding carboxylic acids is 2. The second-order valence-corrected chi connectivity index (χ2v) is 12.9. The Labute approximate surface area is 246 Å². The van der Waals surface area contributed by atoms with E-state index in [1.54, 1.807) is 17.0 Å². The minimum Gasteiger partial charge on any atom is -0.384 e. The van der Waals surface area contributed by atoms with E-state index in [2.05, 4.69) is 28.5 Å². The van der Waals surface area contributed by atoms with Gasteiger partial charge >= 0.3 is 0 Å². The van der Waals surface area contributed by atoms with Crippen LogP contribution < -0.4 is 16.0 Å². The first-order valence-electron chi connectivity index (χ1n) is 13.2. The number of para-hydroxylation sites is 1. The van der Waals surface area contributed by atoms with E-state index in [1.165, 1.54) is 23.5 Å². The number of rotatable bonds is 7. The van der Waals surface area contributed by atoms with Crippen molar-refractivity contribution >= 4 is 45.6 Å². The van der Waals surface area contributed by atoms with Crippen molar-refractivity contribution in [1.82, 2.24) is 10.2 Å². The maximum absolute atomic E-state index is 13.9. The highest BCUT2D eigenvalue weighted by Gasteiger charge is 2.45. The van der Waals surface area contributed by atoms with Crippen molar-refractivity contribution in [3.05, 3.63) is 88.1 Å². The summed E-state index contributed by atoms with van der Waals surface area (Å²) in [5.41, 5.74) is 10.1. The molecule has 1 unspecified atom stereocenters. The zero-order valence-electron chi connectivity index (χ0n) is 22.9. The van der Waals surface area contributed by atoms with Crippen LogP contribution in [0.1, 0.15) is 50.7 Å². The third-order valence-corrected chi connectivity index (χ3v) is 9.21. The monoisotopic (exact) mass is 588 g/mol. The summed E-state index contributed by atoms with van der Waals surface area (Å²) in [6.45, 7) is 6.14. The van der Waals surface area contributed by atoms with Crippen molar-refractivity contribution in [2.45, 2.75) is 50.3 Å². The van der Waals surface area contributed by atoms with E-state index < -0.39 is 11.7 Å². The van der Waals surface area contributed by atoms with Crippen molar-refractivity contribution in [3.63, 3.8) is 0 Å². The van der Waals surface area contributed by atoms with E-state index in [1.807, 2.05) is 38.1 Å². The summed E-state index contributed by atoms with van der Waals surface area (Å²) in [6.07, 6.45) is 1.80. The van der Waals surface area contributed by atoms with Crippen molar-refractivity contribution < 1.29 is 14.0 Å². The van der Waals surface area contributed by atoms with Crippen LogP contribution in [-0.4, -0.2) is 27.6 Å². The number of nitrogens with zero attached hydrogens (tertiary/aromatic N) is 4. The van der Waals surface area contributed by atoms with Gasteiger partial charge in [-0.1, -0.05) is 80.3 Å². The van der Waals surface area contributed by atoms with Crippen LogP contribution in [0.15, 0.2) is 75.5 Å². The normalized spacial score (nSPS) is 18.3. The number of nitrogens with one attached hydrogen (secondary N) is 1. The molecule has 2 heterocycles. The number of Topliss-reactive ketones (excluding diaryl/α,β-unsaturated/α-hetero) is 1. The van der Waals surface area contributed by atoms with E-state index in [9.17, 15) is 19.2 Å². The van der Waals surface area contributed by atoms with Crippen molar-refractivity contribution in [2.75, 3.05) is 16.0 Å². The number of carbonyl (C=O) groups is 2. The molecular formula is C30H29FN6O2S2. The highest BCUT2D eigenvalue weighted by Crippen LogP contribution is 2.50. The second-order valence-electron chi connectivity index (χ2n) is 10.7. The average molecular weight is 589 g/mol. The van der Waals surface area contributed by atoms with Gasteiger partial charge in [-0.2, -0.15) is 5.26 Å². The van der Waals surface area contributed by atoms with Gasteiger partial charge in [-0.3, -0.25) is 14.5 Å². The first kappa shape index (κ1) is 28.5. The third kappa shape index (κ3) is 5.76. The molecule has 1 aromatic heterocycles. The van der Waals surface area contributed by atoms with Gasteiger partial charge in [0.25, 0.3) is 0 Å². The Bertz CT molecular complexity index is 1620. The lowest BCUT2D eigenvalue weighted by atomic mass is 9.68. The number of anilines is 2. The number of thioether (sulfide) groups is 1. The summed E-state index contributed by atoms with van der Waals surface area (Å²) >= 11 is 2.37. The predicted molar refractivity (Wildman–Crippen MR) is 159 cm³/mol. The van der Waals surface area contributed by atoms with Gasteiger partial charge in [0.1, 0.15) is 11.6 Å². The Morgan fingerprint density at radius 2 is 1.95 bits per heavy atom. The molecule has 0 radical (unpaired) electrons. The molecule has 8 nitrogen and oxygen atoms in total. The first-order chi connectivity index (χ1) is 19.6. The summed E-state index contributed by atoms with van der Waals surface area (Å²) in [7, 11) is 0. The SMILES string of the molecule is CCc1ccc(C2C(C#N)=C(N)N(c3nnc(SCC(=O)Nc4ccccc4F)s3)C3=C2C(=O)CC(C)(C)C3)cc1. The van der Waals surface area contributed by atoms with Crippen LogP contribution in [0.25, 0.3) is 0 Å². The molecule has 0 saturated carbocycles. The van der Waals surface area contributed by atoms with Gasteiger partial charge in [0.2, 0.25) is 11.0 Å². The summed E-state index contributed by atoms with van der Waals surface area (Å²) in [4.78, 5) is 27.8. The molecule has 1 amide bonds. The lowest BCUT2D eigenvalue weighted by Crippen LogP contribution is -2.42. The molecule has 0 spiro atoms. The molecule has 1 atom stereocenters. The van der Waals surface area contributed by atoms with Gasteiger partial charge in [0.05, 0.1) is 29.0 Å². The Balaban J connectivity index is 1.47. The fraction of sp³-hybridized carbons (Fsp3) is 0.300. The number of nitriles is 1. The maximum atomic E-state index is 13.9. The number of hydrogen-bond acceptors (Lipinski definition) is 9. The Morgan fingerprint density at radius 3 is 2.63 bits per heavy atom. The number of hydrogen-bond donors (Lipinski definition) is 2. The van der Waals surface area contributed by atoms with Crippen molar-refractivity contribution in [2.24, 2.45) is 11.1 Å². The van der Waals surface area contributed by atoms with Crippen LogP contribution in [0, 0.1) is 22.6 Å². The smallest absolute Gasteiger partial charge is 0.234 e. The van der Waals surface area contributed by atoms with Crippen LogP contribution in [0.5, 0.6) is 0 Å². The summed E-state index contributed by atoms with van der Waals surface area (Å²) in [5.74, 6) is -1.28. The molecular weight excluding hydrogens is 560 g/mol. The van der Waals surface area contributed by atoms with Crippen molar-refractivity contribution in [3.8, 4) is 6.07 Å². The van der Waals surface area contributed by atoms with Crippen LogP contribution in [-0.2, 0) is 16.0 Å². The molecule has 0 bridgehead atoms. The van der Waals surface area contributed by atoms with E-state index in [4.69, 9.17) is 5.73 Å². The Morgan fingerprint density at radius 1 is 1.22 bits per heavy atom. The molecule has 2 aromatic carbocycles. The van der Waals surface area contributed by atoms with Gasteiger partial charge in [0.15, 0.2) is 10.1 Å². The predicted octanol–water partition coefficient (Wildman–Crippen LogP) is 5.91. The number of ketones is 1. The van der Waals surface area contributed by atoms with Gasteiger partial charge in [0, 0.05) is 17.7 Å². The number of aromatic nitrogens is 2. The number of aryl methyl sites for hydroxylation is 1. The average Bonchev–Trinajstić information content (AvgIpc) is 3.40. The highest BCUT2D eigenvalue weighted by atomic mass is 32.2. The Hall–Kier alpha value is -4.01.